The highest BCUT2D eigenvalue weighted by atomic mass is 16.2. The molecule has 1 aliphatic rings. The number of piperidine rings is 1. The number of benzene rings is 2. The molecule has 1 amide bonds. The summed E-state index contributed by atoms with van der Waals surface area (Å²) in [5, 5.41) is 14.1. The van der Waals surface area contributed by atoms with Gasteiger partial charge in [-0.15, -0.1) is 0 Å². The minimum absolute atomic E-state index is 0.0296. The predicted molar refractivity (Wildman–Crippen MR) is 107 cm³/mol. The lowest BCUT2D eigenvalue weighted by molar-refractivity contribution is 0.0692. The highest BCUT2D eigenvalue weighted by molar-refractivity contribution is 5.94. The molecule has 0 aliphatic carbocycles. The van der Waals surface area contributed by atoms with Gasteiger partial charge in [0, 0.05) is 31.0 Å². The van der Waals surface area contributed by atoms with Gasteiger partial charge in [-0.25, -0.2) is 0 Å². The van der Waals surface area contributed by atoms with E-state index in [1.54, 1.807) is 6.20 Å². The summed E-state index contributed by atoms with van der Waals surface area (Å²) < 4.78 is 1.84. The molecule has 1 aliphatic heterocycles. The standard InChI is InChI=1S/C23H22N4O/c24-18-23(21-8-2-1-3-9-21)10-14-26(15-11-23)22(28)20-7-4-6-19(16-20)17-27-13-5-12-25-27/h1-9,12-13,16H,10-11,14-15,17H2. The number of amides is 1. The Balaban J connectivity index is 1.46. The summed E-state index contributed by atoms with van der Waals surface area (Å²) >= 11 is 0. The summed E-state index contributed by atoms with van der Waals surface area (Å²) in [6, 6.07) is 22.1. The van der Waals surface area contributed by atoms with Crippen LogP contribution in [0, 0.1) is 11.3 Å². The first-order valence-corrected chi connectivity index (χ1v) is 9.53. The molecule has 28 heavy (non-hydrogen) atoms. The molecule has 0 N–H and O–H groups in total. The van der Waals surface area contributed by atoms with E-state index < -0.39 is 5.41 Å². The maximum absolute atomic E-state index is 13.0. The minimum atomic E-state index is -0.500. The van der Waals surface area contributed by atoms with Crippen molar-refractivity contribution in [3.63, 3.8) is 0 Å². The second kappa shape index (κ2) is 7.69. The van der Waals surface area contributed by atoms with Crippen molar-refractivity contribution in [2.24, 2.45) is 0 Å². The Bertz CT molecular complexity index is 981. The zero-order valence-electron chi connectivity index (χ0n) is 15.7. The number of nitrogens with zero attached hydrogens (tertiary/aromatic N) is 4. The van der Waals surface area contributed by atoms with Crippen molar-refractivity contribution in [3.8, 4) is 6.07 Å². The minimum Gasteiger partial charge on any atom is -0.339 e. The van der Waals surface area contributed by atoms with Crippen molar-refractivity contribution in [3.05, 3.63) is 89.7 Å². The zero-order chi connectivity index (χ0) is 19.4. The lowest BCUT2D eigenvalue weighted by Gasteiger charge is -2.37. The molecule has 0 atom stereocenters. The number of carbonyl (C=O) groups is 1. The molecule has 3 aromatic rings. The Hall–Kier alpha value is -3.39. The molecule has 0 radical (unpaired) electrons. The molecule has 0 bridgehead atoms. The molecule has 0 unspecified atom stereocenters. The van der Waals surface area contributed by atoms with E-state index in [0.717, 1.165) is 11.1 Å². The lowest BCUT2D eigenvalue weighted by Crippen LogP contribution is -2.44. The van der Waals surface area contributed by atoms with Crippen LogP contribution in [-0.4, -0.2) is 33.7 Å². The van der Waals surface area contributed by atoms with Gasteiger partial charge in [-0.3, -0.25) is 9.48 Å². The second-order valence-corrected chi connectivity index (χ2v) is 7.26. The summed E-state index contributed by atoms with van der Waals surface area (Å²) in [6.45, 7) is 1.81. The van der Waals surface area contributed by atoms with Gasteiger partial charge >= 0.3 is 0 Å². The molecular formula is C23H22N4O. The van der Waals surface area contributed by atoms with Gasteiger partial charge in [0.05, 0.1) is 18.0 Å². The van der Waals surface area contributed by atoms with E-state index in [1.807, 2.05) is 76.4 Å². The second-order valence-electron chi connectivity index (χ2n) is 7.26. The summed E-state index contributed by atoms with van der Waals surface area (Å²) in [5.74, 6) is 0.0296. The van der Waals surface area contributed by atoms with Crippen LogP contribution in [0.5, 0.6) is 0 Å². The lowest BCUT2D eigenvalue weighted by atomic mass is 9.74. The van der Waals surface area contributed by atoms with Crippen molar-refractivity contribution < 1.29 is 4.79 Å². The SMILES string of the molecule is N#CC1(c2ccccc2)CCN(C(=O)c2cccc(Cn3cccn3)c2)CC1. The van der Waals surface area contributed by atoms with E-state index in [2.05, 4.69) is 11.2 Å². The van der Waals surface area contributed by atoms with Crippen molar-refractivity contribution in [2.75, 3.05) is 13.1 Å². The van der Waals surface area contributed by atoms with Gasteiger partial charge in [0.2, 0.25) is 0 Å². The molecule has 5 heteroatoms. The highest BCUT2D eigenvalue weighted by Crippen LogP contribution is 2.35. The van der Waals surface area contributed by atoms with E-state index in [4.69, 9.17) is 0 Å². The van der Waals surface area contributed by atoms with E-state index in [9.17, 15) is 10.1 Å². The van der Waals surface area contributed by atoms with Gasteiger partial charge in [-0.1, -0.05) is 42.5 Å². The number of nitriles is 1. The number of rotatable bonds is 4. The first kappa shape index (κ1) is 18.0. The Morgan fingerprint density at radius 3 is 2.54 bits per heavy atom. The van der Waals surface area contributed by atoms with Gasteiger partial charge in [0.15, 0.2) is 0 Å². The maximum atomic E-state index is 13.0. The topological polar surface area (TPSA) is 61.9 Å². The highest BCUT2D eigenvalue weighted by Gasteiger charge is 2.37. The number of hydrogen-bond donors (Lipinski definition) is 0. The van der Waals surface area contributed by atoms with Gasteiger partial charge in [0.25, 0.3) is 5.91 Å². The van der Waals surface area contributed by atoms with Crippen LogP contribution < -0.4 is 0 Å². The normalized spacial score (nSPS) is 15.8. The van der Waals surface area contributed by atoms with Gasteiger partial charge in [-0.2, -0.15) is 10.4 Å². The third kappa shape index (κ3) is 3.54. The summed E-state index contributed by atoms with van der Waals surface area (Å²) in [5.41, 5.74) is 2.28. The van der Waals surface area contributed by atoms with Crippen LogP contribution in [0.15, 0.2) is 73.1 Å². The molecule has 1 fully saturated rings. The number of hydrogen-bond acceptors (Lipinski definition) is 3. The smallest absolute Gasteiger partial charge is 0.253 e. The van der Waals surface area contributed by atoms with Crippen LogP contribution in [0.25, 0.3) is 0 Å². The Labute approximate surface area is 164 Å². The van der Waals surface area contributed by atoms with E-state index in [1.165, 1.54) is 0 Å². The monoisotopic (exact) mass is 370 g/mol. The molecule has 5 nitrogen and oxygen atoms in total. The Morgan fingerprint density at radius 1 is 1.07 bits per heavy atom. The number of aromatic nitrogens is 2. The Kier molecular flexibility index (Phi) is 4.94. The van der Waals surface area contributed by atoms with E-state index in [-0.39, 0.29) is 5.91 Å². The fourth-order valence-electron chi connectivity index (χ4n) is 3.88. The average molecular weight is 370 g/mol. The zero-order valence-corrected chi connectivity index (χ0v) is 15.7. The quantitative estimate of drug-likeness (QED) is 0.704. The predicted octanol–water partition coefficient (Wildman–Crippen LogP) is 3.63. The molecule has 1 aromatic heterocycles. The van der Waals surface area contributed by atoms with Crippen LogP contribution in [-0.2, 0) is 12.0 Å². The molecule has 140 valence electrons. The number of carbonyl (C=O) groups excluding carboxylic acids is 1. The molecular weight excluding hydrogens is 348 g/mol. The molecule has 0 saturated carbocycles. The van der Waals surface area contributed by atoms with Crippen molar-refractivity contribution in [1.82, 2.24) is 14.7 Å². The maximum Gasteiger partial charge on any atom is 0.253 e. The first-order valence-electron chi connectivity index (χ1n) is 9.53. The largest absolute Gasteiger partial charge is 0.339 e. The van der Waals surface area contributed by atoms with Crippen molar-refractivity contribution in [1.29, 1.82) is 5.26 Å². The summed E-state index contributed by atoms with van der Waals surface area (Å²) in [4.78, 5) is 14.9. The third-order valence-electron chi connectivity index (χ3n) is 5.52. The average Bonchev–Trinajstić information content (AvgIpc) is 3.27. The van der Waals surface area contributed by atoms with Crippen molar-refractivity contribution in [2.45, 2.75) is 24.8 Å². The summed E-state index contributed by atoms with van der Waals surface area (Å²) in [6.07, 6.45) is 4.97. The Morgan fingerprint density at radius 2 is 1.86 bits per heavy atom. The van der Waals surface area contributed by atoms with Crippen LogP contribution in [0.1, 0.15) is 34.3 Å². The fraction of sp³-hybridized carbons (Fsp3) is 0.261. The molecule has 0 spiro atoms. The van der Waals surface area contributed by atoms with Gasteiger partial charge in [0.1, 0.15) is 0 Å². The van der Waals surface area contributed by atoms with E-state index >= 15 is 0 Å². The molecule has 2 aromatic carbocycles. The molecule has 1 saturated heterocycles. The van der Waals surface area contributed by atoms with Gasteiger partial charge in [-0.05, 0) is 42.2 Å². The third-order valence-corrected chi connectivity index (χ3v) is 5.52. The summed E-state index contributed by atoms with van der Waals surface area (Å²) in [7, 11) is 0. The molecule has 2 heterocycles. The number of likely N-dealkylation sites (tertiary alicyclic amines) is 1. The fourth-order valence-corrected chi connectivity index (χ4v) is 3.88. The van der Waals surface area contributed by atoms with Crippen molar-refractivity contribution >= 4 is 5.91 Å². The molecule has 4 rings (SSSR count). The van der Waals surface area contributed by atoms with Crippen LogP contribution in [0.2, 0.25) is 0 Å². The first-order chi connectivity index (χ1) is 13.7. The van der Waals surface area contributed by atoms with Gasteiger partial charge < -0.3 is 4.90 Å². The van der Waals surface area contributed by atoms with Crippen LogP contribution in [0.4, 0.5) is 0 Å². The van der Waals surface area contributed by atoms with E-state index in [0.29, 0.717) is 38.0 Å². The van der Waals surface area contributed by atoms with Crippen LogP contribution >= 0.6 is 0 Å². The van der Waals surface area contributed by atoms with Crippen LogP contribution in [0.3, 0.4) is 0 Å².